The molecule has 0 radical (unpaired) electrons. The summed E-state index contributed by atoms with van der Waals surface area (Å²) in [7, 11) is 0. The second-order valence-electron chi connectivity index (χ2n) is 8.74. The number of benzene rings is 1. The SMILES string of the molecule is OC1CCC(Nc2ncc3c(n2)C(C2CCCC2)C(=Nc2ccccc2F)N3)CC1. The lowest BCUT2D eigenvalue weighted by atomic mass is 9.88. The Morgan fingerprint density at radius 2 is 1.83 bits per heavy atom. The molecule has 1 unspecified atom stereocenters. The Balaban J connectivity index is 1.44. The number of fused-ring (bicyclic) bond motifs is 1. The van der Waals surface area contributed by atoms with Crippen molar-refractivity contribution in [1.29, 1.82) is 0 Å². The van der Waals surface area contributed by atoms with Crippen LogP contribution in [-0.4, -0.2) is 33.1 Å². The first-order valence-electron chi connectivity index (χ1n) is 11.1. The number of rotatable bonds is 4. The van der Waals surface area contributed by atoms with Crippen LogP contribution >= 0.6 is 0 Å². The summed E-state index contributed by atoms with van der Waals surface area (Å²) in [5, 5.41) is 16.6. The lowest BCUT2D eigenvalue weighted by Gasteiger charge is -2.26. The molecule has 2 saturated carbocycles. The summed E-state index contributed by atoms with van der Waals surface area (Å²) in [6, 6.07) is 6.91. The van der Waals surface area contributed by atoms with Crippen molar-refractivity contribution in [2.24, 2.45) is 10.9 Å². The highest BCUT2D eigenvalue weighted by Crippen LogP contribution is 2.44. The highest BCUT2D eigenvalue weighted by atomic mass is 19.1. The number of nitrogens with zero attached hydrogens (tertiary/aromatic N) is 3. The number of hydrogen-bond acceptors (Lipinski definition) is 5. The molecule has 30 heavy (non-hydrogen) atoms. The number of amidine groups is 1. The van der Waals surface area contributed by atoms with Crippen molar-refractivity contribution in [2.75, 3.05) is 10.6 Å². The van der Waals surface area contributed by atoms with E-state index in [9.17, 15) is 9.50 Å². The van der Waals surface area contributed by atoms with Crippen LogP contribution in [-0.2, 0) is 0 Å². The molecule has 158 valence electrons. The first-order chi connectivity index (χ1) is 14.7. The summed E-state index contributed by atoms with van der Waals surface area (Å²) in [5.41, 5.74) is 2.18. The zero-order valence-electron chi connectivity index (χ0n) is 17.0. The van der Waals surface area contributed by atoms with E-state index in [0.29, 0.717) is 17.6 Å². The Morgan fingerprint density at radius 3 is 2.60 bits per heavy atom. The molecule has 6 nitrogen and oxygen atoms in total. The molecule has 0 bridgehead atoms. The Morgan fingerprint density at radius 1 is 1.07 bits per heavy atom. The summed E-state index contributed by atoms with van der Waals surface area (Å²) in [6.07, 6.45) is 9.80. The molecule has 3 N–H and O–H groups in total. The molecule has 2 fully saturated rings. The fourth-order valence-electron chi connectivity index (χ4n) is 5.05. The van der Waals surface area contributed by atoms with E-state index >= 15 is 0 Å². The van der Waals surface area contributed by atoms with Gasteiger partial charge in [-0.05, 0) is 56.6 Å². The highest BCUT2D eigenvalue weighted by molar-refractivity contribution is 6.07. The zero-order valence-corrected chi connectivity index (χ0v) is 17.0. The molecule has 2 aromatic rings. The largest absolute Gasteiger partial charge is 0.393 e. The normalized spacial score (nSPS) is 27.8. The van der Waals surface area contributed by atoms with E-state index in [4.69, 9.17) is 4.98 Å². The van der Waals surface area contributed by atoms with E-state index in [-0.39, 0.29) is 23.9 Å². The molecule has 1 aromatic heterocycles. The molecule has 3 aliphatic rings. The molecular weight excluding hydrogens is 381 g/mol. The molecule has 0 amide bonds. The zero-order chi connectivity index (χ0) is 20.5. The summed E-state index contributed by atoms with van der Waals surface area (Å²) in [5.74, 6) is 1.58. The van der Waals surface area contributed by atoms with Gasteiger partial charge in [-0.3, -0.25) is 0 Å². The average Bonchev–Trinajstić information content (AvgIpc) is 3.38. The number of aromatic nitrogens is 2. The van der Waals surface area contributed by atoms with E-state index in [2.05, 4.69) is 20.6 Å². The molecule has 5 rings (SSSR count). The minimum absolute atomic E-state index is 0.0406. The quantitative estimate of drug-likeness (QED) is 0.678. The van der Waals surface area contributed by atoms with Gasteiger partial charge in [0.25, 0.3) is 0 Å². The number of aliphatic imine (C=N–C) groups is 1. The van der Waals surface area contributed by atoms with Crippen LogP contribution in [0.3, 0.4) is 0 Å². The number of anilines is 2. The highest BCUT2D eigenvalue weighted by Gasteiger charge is 2.38. The van der Waals surface area contributed by atoms with Crippen LogP contribution < -0.4 is 10.6 Å². The van der Waals surface area contributed by atoms with Gasteiger partial charge in [-0.15, -0.1) is 0 Å². The molecule has 1 aromatic carbocycles. The third-order valence-electron chi connectivity index (χ3n) is 6.66. The number of hydrogen-bond donors (Lipinski definition) is 3. The van der Waals surface area contributed by atoms with Gasteiger partial charge in [-0.25, -0.2) is 19.4 Å². The summed E-state index contributed by atoms with van der Waals surface area (Å²) in [6.45, 7) is 0. The number of para-hydroxylation sites is 1. The standard InChI is InChI=1S/C23H28FN5O/c24-17-7-3-4-8-18(17)27-22-20(14-5-1-2-6-14)21-19(28-22)13-25-23(29-21)26-15-9-11-16(30)12-10-15/h3-4,7-8,13-16,20,30H,1-2,5-6,9-12H2,(H,27,28)(H,25,26,29). The van der Waals surface area contributed by atoms with Gasteiger partial charge < -0.3 is 15.7 Å². The van der Waals surface area contributed by atoms with Crippen molar-refractivity contribution in [3.63, 3.8) is 0 Å². The minimum atomic E-state index is -0.319. The summed E-state index contributed by atoms with van der Waals surface area (Å²) >= 11 is 0. The maximum absolute atomic E-state index is 14.2. The maximum Gasteiger partial charge on any atom is 0.223 e. The van der Waals surface area contributed by atoms with Gasteiger partial charge in [0.2, 0.25) is 5.95 Å². The van der Waals surface area contributed by atoms with Crippen LogP contribution in [0.2, 0.25) is 0 Å². The number of aliphatic hydroxyl groups excluding tert-OH is 1. The molecular formula is C23H28FN5O. The minimum Gasteiger partial charge on any atom is -0.393 e. The van der Waals surface area contributed by atoms with Crippen molar-refractivity contribution in [2.45, 2.75) is 69.4 Å². The summed E-state index contributed by atoms with van der Waals surface area (Å²) in [4.78, 5) is 14.1. The average molecular weight is 410 g/mol. The van der Waals surface area contributed by atoms with E-state index in [1.54, 1.807) is 18.2 Å². The lowest BCUT2D eigenvalue weighted by Crippen LogP contribution is -2.29. The van der Waals surface area contributed by atoms with Crippen LogP contribution in [0.25, 0.3) is 0 Å². The first-order valence-corrected chi connectivity index (χ1v) is 11.1. The van der Waals surface area contributed by atoms with Gasteiger partial charge in [0.1, 0.15) is 17.3 Å². The smallest absolute Gasteiger partial charge is 0.223 e. The molecule has 1 aliphatic heterocycles. The van der Waals surface area contributed by atoms with Gasteiger partial charge in [0.05, 0.1) is 29.6 Å². The fraction of sp³-hybridized carbons (Fsp3) is 0.522. The second kappa shape index (κ2) is 8.30. The van der Waals surface area contributed by atoms with Crippen molar-refractivity contribution < 1.29 is 9.50 Å². The van der Waals surface area contributed by atoms with Crippen molar-refractivity contribution >= 4 is 23.2 Å². The topological polar surface area (TPSA) is 82.4 Å². The van der Waals surface area contributed by atoms with E-state index in [1.165, 1.54) is 18.9 Å². The monoisotopic (exact) mass is 409 g/mol. The molecule has 2 heterocycles. The Labute approximate surface area is 176 Å². The predicted molar refractivity (Wildman–Crippen MR) is 116 cm³/mol. The van der Waals surface area contributed by atoms with E-state index in [0.717, 1.165) is 55.7 Å². The van der Waals surface area contributed by atoms with Gasteiger partial charge in [0, 0.05) is 6.04 Å². The van der Waals surface area contributed by atoms with Crippen molar-refractivity contribution in [1.82, 2.24) is 9.97 Å². The Bertz CT molecular complexity index is 935. The number of nitrogens with one attached hydrogen (secondary N) is 2. The number of halogens is 1. The van der Waals surface area contributed by atoms with Crippen LogP contribution in [0.4, 0.5) is 21.7 Å². The van der Waals surface area contributed by atoms with Gasteiger partial charge >= 0.3 is 0 Å². The van der Waals surface area contributed by atoms with Gasteiger partial charge in [-0.1, -0.05) is 25.0 Å². The van der Waals surface area contributed by atoms with Crippen LogP contribution in [0, 0.1) is 11.7 Å². The van der Waals surface area contributed by atoms with E-state index in [1.807, 2.05) is 6.20 Å². The maximum atomic E-state index is 14.2. The molecule has 7 heteroatoms. The lowest BCUT2D eigenvalue weighted by molar-refractivity contribution is 0.126. The first kappa shape index (κ1) is 19.4. The van der Waals surface area contributed by atoms with E-state index < -0.39 is 0 Å². The molecule has 2 aliphatic carbocycles. The van der Waals surface area contributed by atoms with Gasteiger partial charge in [0.15, 0.2) is 0 Å². The van der Waals surface area contributed by atoms with Crippen LogP contribution in [0.1, 0.15) is 63.0 Å². The Hall–Kier alpha value is -2.54. The molecule has 0 spiro atoms. The second-order valence-corrected chi connectivity index (χ2v) is 8.74. The van der Waals surface area contributed by atoms with Gasteiger partial charge in [-0.2, -0.15) is 0 Å². The van der Waals surface area contributed by atoms with Crippen LogP contribution in [0.15, 0.2) is 35.5 Å². The third kappa shape index (κ3) is 3.90. The number of aliphatic hydroxyl groups is 1. The molecule has 0 saturated heterocycles. The van der Waals surface area contributed by atoms with Crippen molar-refractivity contribution in [3.05, 3.63) is 42.0 Å². The fourth-order valence-corrected chi connectivity index (χ4v) is 5.05. The van der Waals surface area contributed by atoms with Crippen molar-refractivity contribution in [3.8, 4) is 0 Å². The predicted octanol–water partition coefficient (Wildman–Crippen LogP) is 4.76. The van der Waals surface area contributed by atoms with Crippen LogP contribution in [0.5, 0.6) is 0 Å². The molecule has 1 atom stereocenters. The third-order valence-corrected chi connectivity index (χ3v) is 6.66. The summed E-state index contributed by atoms with van der Waals surface area (Å²) < 4.78 is 14.2. The Kier molecular flexibility index (Phi) is 5.37.